The fraction of sp³-hybridized carbons (Fsp3) is 0.219. The van der Waals surface area contributed by atoms with E-state index in [0.717, 1.165) is 11.1 Å². The van der Waals surface area contributed by atoms with Crippen LogP contribution in [0.1, 0.15) is 98.9 Å². The van der Waals surface area contributed by atoms with E-state index in [9.17, 15) is 24.0 Å². The van der Waals surface area contributed by atoms with Crippen molar-refractivity contribution in [2.75, 3.05) is 16.0 Å². The quantitative estimate of drug-likeness (QED) is 0.248. The molecule has 0 aliphatic heterocycles. The Kier molecular flexibility index (Phi) is 9.16. The smallest absolute Gasteiger partial charge is 0.255 e. The summed E-state index contributed by atoms with van der Waals surface area (Å²) in [7, 11) is 0. The third-order valence-corrected chi connectivity index (χ3v) is 6.01. The maximum atomic E-state index is 13.3. The number of Topliss-reactive ketones (excluding diaryl/α,β-unsaturated/α-hetero) is 3. The highest BCUT2D eigenvalue weighted by Gasteiger charge is 2.17. The number of carbonyl (C=O) groups is 5. The molecule has 0 aliphatic rings. The molecule has 0 saturated heterocycles. The van der Waals surface area contributed by atoms with Crippen LogP contribution in [0.25, 0.3) is 5.57 Å². The molecule has 0 spiro atoms. The molecule has 2 amide bonds. The van der Waals surface area contributed by atoms with E-state index in [1.54, 1.807) is 30.3 Å². The zero-order valence-electron chi connectivity index (χ0n) is 23.5. The van der Waals surface area contributed by atoms with Crippen molar-refractivity contribution in [1.29, 1.82) is 0 Å². The molecule has 8 heteroatoms. The fourth-order valence-electron chi connectivity index (χ4n) is 3.97. The lowest BCUT2D eigenvalue weighted by Gasteiger charge is -2.15. The maximum absolute atomic E-state index is 13.3. The van der Waals surface area contributed by atoms with Crippen molar-refractivity contribution in [3.63, 3.8) is 0 Å². The van der Waals surface area contributed by atoms with Gasteiger partial charge in [0.05, 0.1) is 0 Å². The SMILES string of the molecule is C=C(C)c1cc(NC(=O)c2cc(NC(C)C)cc(C(=O)Nc3cc(C(C)=O)cc(C(C)=O)c3)c2)cc(C(C)=O)c1. The topological polar surface area (TPSA) is 121 Å². The molecule has 0 atom stereocenters. The lowest BCUT2D eigenvalue weighted by molar-refractivity contribution is 0.0999. The summed E-state index contributed by atoms with van der Waals surface area (Å²) in [5.74, 6) is -1.65. The van der Waals surface area contributed by atoms with Gasteiger partial charge in [0, 0.05) is 50.9 Å². The van der Waals surface area contributed by atoms with Gasteiger partial charge in [-0.2, -0.15) is 0 Å². The number of ketones is 3. The number of amides is 2. The van der Waals surface area contributed by atoms with Gasteiger partial charge in [0.1, 0.15) is 0 Å². The minimum absolute atomic E-state index is 0.0185. The van der Waals surface area contributed by atoms with Gasteiger partial charge in [-0.1, -0.05) is 12.2 Å². The summed E-state index contributed by atoms with van der Waals surface area (Å²) in [6.45, 7) is 13.8. The molecule has 3 aromatic rings. The van der Waals surface area contributed by atoms with Crippen molar-refractivity contribution in [3.05, 3.63) is 94.6 Å². The Morgan fingerprint density at radius 3 is 1.20 bits per heavy atom. The zero-order valence-corrected chi connectivity index (χ0v) is 23.5. The summed E-state index contributed by atoms with van der Waals surface area (Å²) in [6.07, 6.45) is 0. The molecule has 0 aromatic heterocycles. The first kappa shape index (κ1) is 29.7. The first-order valence-electron chi connectivity index (χ1n) is 12.8. The molecule has 206 valence electrons. The highest BCUT2D eigenvalue weighted by Crippen LogP contribution is 2.24. The predicted octanol–water partition coefficient (Wildman–Crippen LogP) is 6.65. The number of hydrogen-bond donors (Lipinski definition) is 3. The van der Waals surface area contributed by atoms with Crippen LogP contribution >= 0.6 is 0 Å². The number of benzene rings is 3. The van der Waals surface area contributed by atoms with Gasteiger partial charge in [-0.3, -0.25) is 24.0 Å². The first-order valence-corrected chi connectivity index (χ1v) is 12.8. The average molecular weight is 540 g/mol. The maximum Gasteiger partial charge on any atom is 0.255 e. The van der Waals surface area contributed by atoms with Gasteiger partial charge in [0.2, 0.25) is 0 Å². The van der Waals surface area contributed by atoms with Crippen molar-refractivity contribution < 1.29 is 24.0 Å². The van der Waals surface area contributed by atoms with Gasteiger partial charge < -0.3 is 16.0 Å². The van der Waals surface area contributed by atoms with E-state index >= 15 is 0 Å². The molecular weight excluding hydrogens is 506 g/mol. The number of nitrogens with one attached hydrogen (secondary N) is 3. The second-order valence-electron chi connectivity index (χ2n) is 10.1. The standard InChI is InChI=1S/C32H33N3O5/c1-17(2)22-8-23(19(5)36)12-29(11-22)34-31(39)26-10-27(16-28(15-26)33-18(3)4)32(40)35-30-13-24(20(6)37)9-25(14-30)21(7)38/h8-16,18,33H,1H2,2-7H3,(H,34,39)(H,35,40). The van der Waals surface area contributed by atoms with Gasteiger partial charge in [-0.25, -0.2) is 0 Å². The van der Waals surface area contributed by atoms with Crippen LogP contribution in [-0.2, 0) is 0 Å². The highest BCUT2D eigenvalue weighted by atomic mass is 16.2. The van der Waals surface area contributed by atoms with Gasteiger partial charge in [-0.05, 0) is 102 Å². The van der Waals surface area contributed by atoms with Crippen LogP contribution in [0, 0.1) is 0 Å². The monoisotopic (exact) mass is 539 g/mol. The number of allylic oxidation sites excluding steroid dienone is 1. The molecule has 0 heterocycles. The third kappa shape index (κ3) is 7.60. The largest absolute Gasteiger partial charge is 0.383 e. The summed E-state index contributed by atoms with van der Waals surface area (Å²) in [6, 6.07) is 14.2. The molecular formula is C32H33N3O5. The van der Waals surface area contributed by atoms with E-state index in [4.69, 9.17) is 0 Å². The van der Waals surface area contributed by atoms with Crippen molar-refractivity contribution in [1.82, 2.24) is 0 Å². The van der Waals surface area contributed by atoms with Gasteiger partial charge in [-0.15, -0.1) is 0 Å². The fourth-order valence-corrected chi connectivity index (χ4v) is 3.97. The van der Waals surface area contributed by atoms with E-state index in [1.807, 2.05) is 20.8 Å². The summed E-state index contributed by atoms with van der Waals surface area (Å²) in [5.41, 5.74) is 4.13. The van der Waals surface area contributed by atoms with Crippen LogP contribution in [0.3, 0.4) is 0 Å². The van der Waals surface area contributed by atoms with E-state index < -0.39 is 11.8 Å². The Hall–Kier alpha value is -4.85. The molecule has 0 saturated carbocycles. The number of hydrogen-bond acceptors (Lipinski definition) is 6. The van der Waals surface area contributed by atoms with E-state index in [1.165, 1.54) is 45.0 Å². The van der Waals surface area contributed by atoms with Gasteiger partial charge >= 0.3 is 0 Å². The van der Waals surface area contributed by atoms with Crippen LogP contribution < -0.4 is 16.0 Å². The lowest BCUT2D eigenvalue weighted by Crippen LogP contribution is -2.18. The van der Waals surface area contributed by atoms with Gasteiger partial charge in [0.15, 0.2) is 17.3 Å². The molecule has 8 nitrogen and oxygen atoms in total. The molecule has 3 N–H and O–H groups in total. The summed E-state index contributed by atoms with van der Waals surface area (Å²) >= 11 is 0. The Balaban J connectivity index is 1.99. The number of carbonyl (C=O) groups excluding carboxylic acids is 5. The Bertz CT molecular complexity index is 1380. The lowest BCUT2D eigenvalue weighted by atomic mass is 10.0. The average Bonchev–Trinajstić information content (AvgIpc) is 2.87. The predicted molar refractivity (Wildman–Crippen MR) is 159 cm³/mol. The van der Waals surface area contributed by atoms with E-state index in [2.05, 4.69) is 22.5 Å². The second kappa shape index (κ2) is 12.3. The molecule has 0 bridgehead atoms. The summed E-state index contributed by atoms with van der Waals surface area (Å²) < 4.78 is 0. The summed E-state index contributed by atoms with van der Waals surface area (Å²) in [4.78, 5) is 62.6. The first-order chi connectivity index (χ1) is 18.7. The molecule has 0 radical (unpaired) electrons. The Morgan fingerprint density at radius 2 is 0.850 bits per heavy atom. The van der Waals surface area contributed by atoms with Crippen molar-refractivity contribution in [3.8, 4) is 0 Å². The number of rotatable bonds is 10. The van der Waals surface area contributed by atoms with Crippen molar-refractivity contribution in [2.24, 2.45) is 0 Å². The van der Waals surface area contributed by atoms with Crippen LogP contribution in [-0.4, -0.2) is 35.2 Å². The molecule has 3 aromatic carbocycles. The molecule has 0 aliphatic carbocycles. The van der Waals surface area contributed by atoms with Crippen LogP contribution in [0.5, 0.6) is 0 Å². The van der Waals surface area contributed by atoms with Crippen molar-refractivity contribution >= 4 is 51.8 Å². The Labute approximate surface area is 233 Å². The molecule has 0 fully saturated rings. The van der Waals surface area contributed by atoms with Gasteiger partial charge in [0.25, 0.3) is 11.8 Å². The molecule has 3 rings (SSSR count). The normalized spacial score (nSPS) is 10.6. The van der Waals surface area contributed by atoms with E-state index in [-0.39, 0.29) is 40.2 Å². The minimum Gasteiger partial charge on any atom is -0.383 e. The third-order valence-electron chi connectivity index (χ3n) is 6.01. The summed E-state index contributed by atoms with van der Waals surface area (Å²) in [5, 5.41) is 8.77. The Morgan fingerprint density at radius 1 is 0.525 bits per heavy atom. The van der Waals surface area contributed by atoms with Crippen molar-refractivity contribution in [2.45, 2.75) is 47.6 Å². The van der Waals surface area contributed by atoms with Crippen LogP contribution in [0.15, 0.2) is 61.2 Å². The zero-order chi connectivity index (χ0) is 29.7. The van der Waals surface area contributed by atoms with Crippen LogP contribution in [0.2, 0.25) is 0 Å². The van der Waals surface area contributed by atoms with E-state index in [0.29, 0.717) is 28.1 Å². The van der Waals surface area contributed by atoms with Crippen LogP contribution in [0.4, 0.5) is 17.1 Å². The second-order valence-corrected chi connectivity index (χ2v) is 10.1. The minimum atomic E-state index is -0.528. The highest BCUT2D eigenvalue weighted by molar-refractivity contribution is 6.11. The number of anilines is 3. The molecule has 0 unspecified atom stereocenters. The molecule has 40 heavy (non-hydrogen) atoms.